The Labute approximate surface area is 252 Å². The quantitative estimate of drug-likeness (QED) is 0.0697. The molecule has 2 rings (SSSR count). The number of benzene rings is 2. The number of guanidine groups is 1. The lowest BCUT2D eigenvalue weighted by Crippen LogP contribution is -2.54. The van der Waals surface area contributed by atoms with Crippen LogP contribution in [0.1, 0.15) is 44.2 Å². The fourth-order valence-corrected chi connectivity index (χ4v) is 3.94. The van der Waals surface area contributed by atoms with Crippen molar-refractivity contribution in [2.75, 3.05) is 19.6 Å². The second-order valence-corrected chi connectivity index (χ2v) is 10.2. The smallest absolute Gasteiger partial charge is 0.408 e. The molecule has 0 heterocycles. The van der Waals surface area contributed by atoms with Gasteiger partial charge in [-0.25, -0.2) is 4.79 Å². The predicted molar refractivity (Wildman–Crippen MR) is 166 cm³/mol. The van der Waals surface area contributed by atoms with Crippen molar-refractivity contribution in [3.05, 3.63) is 77.9 Å². The van der Waals surface area contributed by atoms with Crippen LogP contribution in [0.4, 0.5) is 4.79 Å². The zero-order valence-corrected chi connectivity index (χ0v) is 24.8. The van der Waals surface area contributed by atoms with Crippen molar-refractivity contribution in [2.24, 2.45) is 22.4 Å². The summed E-state index contributed by atoms with van der Waals surface area (Å²) in [6.07, 6.45) is 3.32. The van der Waals surface area contributed by atoms with Crippen LogP contribution in [0.15, 0.2) is 71.7 Å². The number of rotatable bonds is 17. The van der Waals surface area contributed by atoms with Gasteiger partial charge in [0.2, 0.25) is 17.7 Å². The first kappa shape index (κ1) is 34.3. The summed E-state index contributed by atoms with van der Waals surface area (Å²) in [6, 6.07) is 16.7. The van der Waals surface area contributed by atoms with E-state index in [9.17, 15) is 19.2 Å². The molecule has 0 fully saturated rings. The Kier molecular flexibility index (Phi) is 15.4. The van der Waals surface area contributed by atoms with Crippen LogP contribution in [0, 0.1) is 5.92 Å². The van der Waals surface area contributed by atoms with E-state index in [1.807, 2.05) is 74.5 Å². The van der Waals surface area contributed by atoms with Gasteiger partial charge in [-0.1, -0.05) is 74.5 Å². The number of alkyl carbamates (subject to hydrolysis) is 1. The van der Waals surface area contributed by atoms with Gasteiger partial charge in [-0.3, -0.25) is 19.4 Å². The van der Waals surface area contributed by atoms with Crippen LogP contribution >= 0.6 is 0 Å². The van der Waals surface area contributed by atoms with E-state index >= 15 is 0 Å². The molecule has 232 valence electrons. The number of nitrogens with zero attached hydrogens (tertiary/aromatic N) is 1. The Hall–Kier alpha value is -4.87. The van der Waals surface area contributed by atoms with Gasteiger partial charge in [0.15, 0.2) is 5.96 Å². The molecule has 0 aliphatic carbocycles. The van der Waals surface area contributed by atoms with Gasteiger partial charge in [0.25, 0.3) is 0 Å². The highest BCUT2D eigenvalue weighted by molar-refractivity contribution is 5.92. The van der Waals surface area contributed by atoms with Gasteiger partial charge in [-0.05, 0) is 42.4 Å². The maximum absolute atomic E-state index is 13.3. The number of hydrogen-bond acceptors (Lipinski definition) is 6. The summed E-state index contributed by atoms with van der Waals surface area (Å²) in [5.41, 5.74) is 12.5. The highest BCUT2D eigenvalue weighted by Gasteiger charge is 2.27. The topological polar surface area (TPSA) is 190 Å². The monoisotopic (exact) mass is 593 g/mol. The lowest BCUT2D eigenvalue weighted by Gasteiger charge is -2.24. The highest BCUT2D eigenvalue weighted by atomic mass is 16.5. The number of carbonyl (C=O) groups is 4. The molecule has 0 unspecified atom stereocenters. The van der Waals surface area contributed by atoms with Crippen molar-refractivity contribution in [1.29, 1.82) is 0 Å². The first-order valence-electron chi connectivity index (χ1n) is 14.3. The van der Waals surface area contributed by atoms with Crippen LogP contribution in [0.2, 0.25) is 0 Å². The number of carbonyl (C=O) groups excluding carboxylic acids is 4. The third-order valence-corrected chi connectivity index (χ3v) is 6.06. The zero-order chi connectivity index (χ0) is 31.5. The minimum Gasteiger partial charge on any atom is -0.445 e. The van der Waals surface area contributed by atoms with Gasteiger partial charge in [-0.15, -0.1) is 0 Å². The molecule has 12 heteroatoms. The molecule has 4 amide bonds. The summed E-state index contributed by atoms with van der Waals surface area (Å²) in [5.74, 6) is -1.22. The largest absolute Gasteiger partial charge is 0.445 e. The van der Waals surface area contributed by atoms with E-state index in [1.54, 1.807) is 6.08 Å². The number of ether oxygens (including phenoxy) is 1. The van der Waals surface area contributed by atoms with Gasteiger partial charge in [0.05, 0.1) is 0 Å². The second kappa shape index (κ2) is 19.3. The second-order valence-electron chi connectivity index (χ2n) is 10.2. The predicted octanol–water partition coefficient (Wildman–Crippen LogP) is 1.81. The Morgan fingerprint density at radius 1 is 0.860 bits per heavy atom. The third-order valence-electron chi connectivity index (χ3n) is 6.06. The van der Waals surface area contributed by atoms with E-state index < -0.39 is 30.0 Å². The number of amides is 4. The van der Waals surface area contributed by atoms with Gasteiger partial charge >= 0.3 is 6.09 Å². The molecule has 0 saturated carbocycles. The van der Waals surface area contributed by atoms with Crippen LogP contribution in [0.25, 0.3) is 6.08 Å². The third kappa shape index (κ3) is 15.1. The van der Waals surface area contributed by atoms with E-state index in [4.69, 9.17) is 16.2 Å². The molecule has 0 saturated heterocycles. The van der Waals surface area contributed by atoms with E-state index in [0.29, 0.717) is 12.8 Å². The van der Waals surface area contributed by atoms with Crippen LogP contribution in [-0.2, 0) is 25.7 Å². The fraction of sp³-hybridized carbons (Fsp3) is 0.387. The number of aliphatic imine (C=N–C) groups is 1. The molecular weight excluding hydrogens is 550 g/mol. The van der Waals surface area contributed by atoms with E-state index in [2.05, 4.69) is 26.3 Å². The molecule has 0 spiro atoms. The Morgan fingerprint density at radius 3 is 2.16 bits per heavy atom. The molecule has 8 N–H and O–H groups in total. The van der Waals surface area contributed by atoms with Gasteiger partial charge < -0.3 is 37.5 Å². The Balaban J connectivity index is 1.93. The molecular formula is C31H43N7O5. The molecule has 0 bridgehead atoms. The molecule has 2 atom stereocenters. The SMILES string of the molecule is CC(C)C[C@H](NC(=O)[C@H](CCCN=C(N)N)NC(=O)OCc1ccccc1)C(=O)NCCNC(=O)/C=C/c1ccccc1. The van der Waals surface area contributed by atoms with Gasteiger partial charge in [0, 0.05) is 25.7 Å². The lowest BCUT2D eigenvalue weighted by atomic mass is 10.0. The van der Waals surface area contributed by atoms with Gasteiger partial charge in [0.1, 0.15) is 18.7 Å². The van der Waals surface area contributed by atoms with Crippen LogP contribution in [-0.4, -0.2) is 61.5 Å². The van der Waals surface area contributed by atoms with Crippen LogP contribution < -0.4 is 32.7 Å². The summed E-state index contributed by atoms with van der Waals surface area (Å²) in [4.78, 5) is 54.8. The van der Waals surface area contributed by atoms with E-state index in [0.717, 1.165) is 11.1 Å². The molecule has 0 radical (unpaired) electrons. The van der Waals surface area contributed by atoms with Crippen LogP contribution in [0.3, 0.4) is 0 Å². The van der Waals surface area contributed by atoms with Crippen molar-refractivity contribution in [3.63, 3.8) is 0 Å². The molecule has 0 aliphatic rings. The summed E-state index contributed by atoms with van der Waals surface area (Å²) < 4.78 is 5.28. The summed E-state index contributed by atoms with van der Waals surface area (Å²) in [6.45, 7) is 4.52. The van der Waals surface area contributed by atoms with Crippen molar-refractivity contribution < 1.29 is 23.9 Å². The summed E-state index contributed by atoms with van der Waals surface area (Å²) in [5, 5.41) is 10.8. The minimum atomic E-state index is -0.990. The zero-order valence-electron chi connectivity index (χ0n) is 24.8. The van der Waals surface area contributed by atoms with Crippen molar-refractivity contribution in [2.45, 2.75) is 51.8 Å². The van der Waals surface area contributed by atoms with Crippen molar-refractivity contribution in [1.82, 2.24) is 21.3 Å². The Bertz CT molecular complexity index is 1220. The van der Waals surface area contributed by atoms with Crippen molar-refractivity contribution >= 4 is 35.9 Å². The number of nitrogens with one attached hydrogen (secondary N) is 4. The average Bonchev–Trinajstić information content (AvgIpc) is 2.99. The molecule has 2 aromatic rings. The number of nitrogens with two attached hydrogens (primary N) is 2. The highest BCUT2D eigenvalue weighted by Crippen LogP contribution is 2.08. The van der Waals surface area contributed by atoms with E-state index in [-0.39, 0.29) is 50.4 Å². The standard InChI is InChI=1S/C31H43N7O5/c1-22(2)20-26(28(40)35-19-18-34-27(39)16-15-23-10-5-3-6-11-23)37-29(41)25(14-9-17-36-30(32)33)38-31(42)43-21-24-12-7-4-8-13-24/h3-8,10-13,15-16,22,25-26H,9,14,17-21H2,1-2H3,(H,34,39)(H,35,40)(H,37,41)(H,38,42)(H4,32,33,36)/b16-15+/t25-,26-/m0/s1. The summed E-state index contributed by atoms with van der Waals surface area (Å²) >= 11 is 0. The molecule has 12 nitrogen and oxygen atoms in total. The molecule has 0 aromatic heterocycles. The molecule has 43 heavy (non-hydrogen) atoms. The first-order valence-corrected chi connectivity index (χ1v) is 14.3. The molecule has 2 aromatic carbocycles. The normalized spacial score (nSPS) is 12.2. The van der Waals surface area contributed by atoms with Crippen LogP contribution in [0.5, 0.6) is 0 Å². The average molecular weight is 594 g/mol. The number of hydrogen-bond donors (Lipinski definition) is 6. The maximum atomic E-state index is 13.3. The van der Waals surface area contributed by atoms with E-state index in [1.165, 1.54) is 6.08 Å². The van der Waals surface area contributed by atoms with Gasteiger partial charge in [-0.2, -0.15) is 0 Å². The lowest BCUT2D eigenvalue weighted by molar-refractivity contribution is -0.130. The minimum absolute atomic E-state index is 0.0337. The summed E-state index contributed by atoms with van der Waals surface area (Å²) in [7, 11) is 0. The Morgan fingerprint density at radius 2 is 1.51 bits per heavy atom. The first-order chi connectivity index (χ1) is 20.6. The maximum Gasteiger partial charge on any atom is 0.408 e. The molecule has 0 aliphatic heterocycles. The fourth-order valence-electron chi connectivity index (χ4n) is 3.94. The van der Waals surface area contributed by atoms with Crippen molar-refractivity contribution in [3.8, 4) is 0 Å².